The Morgan fingerprint density at radius 3 is 2.70 bits per heavy atom. The quantitative estimate of drug-likeness (QED) is 0.188. The number of anilines is 1. The number of ether oxygens (including phenoxy) is 2. The Labute approximate surface area is 193 Å². The number of rotatable bonds is 11. The first-order chi connectivity index (χ1) is 16.2. The monoisotopic (exact) mass is 446 g/mol. The van der Waals surface area contributed by atoms with Gasteiger partial charge in [0.2, 0.25) is 0 Å². The molecule has 172 valence electrons. The zero-order valence-electron chi connectivity index (χ0n) is 19.4. The number of unbranched alkanes of at least 4 members (excludes halogenated alkanes) is 1. The van der Waals surface area contributed by atoms with Gasteiger partial charge in [0.05, 0.1) is 24.9 Å². The molecule has 0 aliphatic heterocycles. The summed E-state index contributed by atoms with van der Waals surface area (Å²) in [4.78, 5) is 4.68. The molecule has 0 saturated heterocycles. The lowest BCUT2D eigenvalue weighted by atomic mass is 10.2. The largest absolute Gasteiger partial charge is 0.490 e. The summed E-state index contributed by atoms with van der Waals surface area (Å²) in [6.07, 6.45) is 4.79. The predicted molar refractivity (Wildman–Crippen MR) is 132 cm³/mol. The van der Waals surface area contributed by atoms with Gasteiger partial charge >= 0.3 is 0 Å². The predicted octanol–water partition coefficient (Wildman–Crippen LogP) is 5.41. The number of aryl methyl sites for hydroxylation is 1. The molecular formula is C25H30N6O2. The van der Waals surface area contributed by atoms with Crippen LogP contribution in [0.4, 0.5) is 5.95 Å². The molecule has 2 aromatic carbocycles. The molecule has 0 unspecified atom stereocenters. The van der Waals surface area contributed by atoms with E-state index in [1.165, 1.54) is 0 Å². The molecule has 4 rings (SSSR count). The second-order valence-electron chi connectivity index (χ2n) is 7.69. The Bertz CT molecular complexity index is 1250. The van der Waals surface area contributed by atoms with Crippen molar-refractivity contribution in [2.24, 2.45) is 5.10 Å². The third-order valence-corrected chi connectivity index (χ3v) is 5.22. The number of hydrazone groups is 1. The molecule has 0 aliphatic carbocycles. The van der Waals surface area contributed by atoms with E-state index in [1.807, 2.05) is 37.3 Å². The lowest BCUT2D eigenvalue weighted by molar-refractivity contribution is 0.272. The number of hydrogen-bond donors (Lipinski definition) is 1. The zero-order chi connectivity index (χ0) is 23.0. The molecular weight excluding hydrogens is 416 g/mol. The lowest BCUT2D eigenvalue weighted by Crippen LogP contribution is -2.03. The van der Waals surface area contributed by atoms with Crippen molar-refractivity contribution in [3.63, 3.8) is 0 Å². The Hall–Kier alpha value is -3.68. The summed E-state index contributed by atoms with van der Waals surface area (Å²) in [5, 5.41) is 14.0. The van der Waals surface area contributed by atoms with Gasteiger partial charge in [-0.1, -0.05) is 38.5 Å². The summed E-state index contributed by atoms with van der Waals surface area (Å²) in [5.41, 5.74) is 6.50. The van der Waals surface area contributed by atoms with Crippen LogP contribution in [0.3, 0.4) is 0 Å². The van der Waals surface area contributed by atoms with Crippen molar-refractivity contribution in [1.29, 1.82) is 0 Å². The molecule has 0 aliphatic rings. The Kier molecular flexibility index (Phi) is 7.34. The fourth-order valence-electron chi connectivity index (χ4n) is 3.68. The van der Waals surface area contributed by atoms with Gasteiger partial charge in [0.1, 0.15) is 5.52 Å². The molecule has 8 nitrogen and oxygen atoms in total. The van der Waals surface area contributed by atoms with Crippen LogP contribution in [0.15, 0.2) is 47.6 Å². The number of nitrogens with zero attached hydrogens (tertiary/aromatic N) is 5. The van der Waals surface area contributed by atoms with Gasteiger partial charge in [0.15, 0.2) is 17.1 Å². The summed E-state index contributed by atoms with van der Waals surface area (Å²) in [6, 6.07) is 13.9. The molecule has 0 spiro atoms. The van der Waals surface area contributed by atoms with Crippen molar-refractivity contribution in [2.45, 2.75) is 46.6 Å². The van der Waals surface area contributed by atoms with E-state index in [2.05, 4.69) is 56.3 Å². The summed E-state index contributed by atoms with van der Waals surface area (Å²) < 4.78 is 13.8. The molecule has 0 saturated carbocycles. The molecule has 0 radical (unpaired) electrons. The van der Waals surface area contributed by atoms with E-state index in [-0.39, 0.29) is 0 Å². The first kappa shape index (κ1) is 22.5. The fourth-order valence-corrected chi connectivity index (χ4v) is 3.68. The highest BCUT2D eigenvalue weighted by Crippen LogP contribution is 2.29. The first-order valence-corrected chi connectivity index (χ1v) is 11.6. The van der Waals surface area contributed by atoms with Crippen molar-refractivity contribution in [1.82, 2.24) is 19.7 Å². The van der Waals surface area contributed by atoms with Crippen LogP contribution < -0.4 is 14.9 Å². The van der Waals surface area contributed by atoms with Crippen molar-refractivity contribution < 1.29 is 9.47 Å². The maximum absolute atomic E-state index is 5.84. The average molecular weight is 447 g/mol. The molecule has 0 fully saturated rings. The van der Waals surface area contributed by atoms with E-state index in [9.17, 15) is 0 Å². The molecule has 1 N–H and O–H groups in total. The highest BCUT2D eigenvalue weighted by Gasteiger charge is 2.14. The van der Waals surface area contributed by atoms with Gasteiger partial charge in [-0.05, 0) is 49.6 Å². The van der Waals surface area contributed by atoms with Gasteiger partial charge in [-0.15, -0.1) is 10.2 Å². The van der Waals surface area contributed by atoms with Gasteiger partial charge < -0.3 is 14.0 Å². The smallest absolute Gasteiger partial charge is 0.265 e. The van der Waals surface area contributed by atoms with Crippen LogP contribution in [0.5, 0.6) is 11.5 Å². The SMILES string of the molecule is CCCCOc1ccc(/C=N/Nc2nnc3c4ccccc4n(CCC)c3n2)cc1OCC. The van der Waals surface area contributed by atoms with Crippen molar-refractivity contribution >= 4 is 34.2 Å². The van der Waals surface area contributed by atoms with Crippen LogP contribution >= 0.6 is 0 Å². The highest BCUT2D eigenvalue weighted by atomic mass is 16.5. The average Bonchev–Trinajstić information content (AvgIpc) is 3.14. The van der Waals surface area contributed by atoms with Gasteiger partial charge in [-0.25, -0.2) is 5.43 Å². The van der Waals surface area contributed by atoms with E-state index < -0.39 is 0 Å². The maximum atomic E-state index is 5.84. The van der Waals surface area contributed by atoms with Gasteiger partial charge in [-0.3, -0.25) is 0 Å². The molecule has 2 aromatic heterocycles. The molecule has 0 bridgehead atoms. The topological polar surface area (TPSA) is 86.5 Å². The Morgan fingerprint density at radius 1 is 1.00 bits per heavy atom. The summed E-state index contributed by atoms with van der Waals surface area (Å²) in [7, 11) is 0. The van der Waals surface area contributed by atoms with E-state index in [4.69, 9.17) is 9.47 Å². The molecule has 0 amide bonds. The number of para-hydroxylation sites is 1. The van der Waals surface area contributed by atoms with Crippen LogP contribution in [-0.2, 0) is 6.54 Å². The third-order valence-electron chi connectivity index (χ3n) is 5.22. The van der Waals surface area contributed by atoms with Crippen molar-refractivity contribution in [2.75, 3.05) is 18.6 Å². The zero-order valence-corrected chi connectivity index (χ0v) is 19.4. The highest BCUT2D eigenvalue weighted by molar-refractivity contribution is 6.04. The molecule has 2 heterocycles. The second kappa shape index (κ2) is 10.8. The van der Waals surface area contributed by atoms with Crippen LogP contribution in [0, 0.1) is 0 Å². The first-order valence-electron chi connectivity index (χ1n) is 11.6. The number of benzene rings is 2. The molecule has 0 atom stereocenters. The van der Waals surface area contributed by atoms with E-state index >= 15 is 0 Å². The van der Waals surface area contributed by atoms with Crippen LogP contribution in [0.1, 0.15) is 45.6 Å². The van der Waals surface area contributed by atoms with Crippen LogP contribution in [-0.4, -0.2) is 39.2 Å². The number of nitrogens with one attached hydrogen (secondary N) is 1. The summed E-state index contributed by atoms with van der Waals surface area (Å²) in [6.45, 7) is 8.34. The Morgan fingerprint density at radius 2 is 1.88 bits per heavy atom. The minimum Gasteiger partial charge on any atom is -0.490 e. The number of fused-ring (bicyclic) bond motifs is 3. The van der Waals surface area contributed by atoms with Crippen molar-refractivity contribution in [3.05, 3.63) is 48.0 Å². The van der Waals surface area contributed by atoms with E-state index in [0.29, 0.717) is 24.9 Å². The van der Waals surface area contributed by atoms with E-state index in [0.717, 1.165) is 59.2 Å². The lowest BCUT2D eigenvalue weighted by Gasteiger charge is -2.12. The number of aromatic nitrogens is 4. The fraction of sp³-hybridized carbons (Fsp3) is 0.360. The van der Waals surface area contributed by atoms with Crippen LogP contribution in [0.25, 0.3) is 22.1 Å². The normalized spacial score (nSPS) is 11.5. The van der Waals surface area contributed by atoms with E-state index in [1.54, 1.807) is 6.21 Å². The summed E-state index contributed by atoms with van der Waals surface area (Å²) >= 11 is 0. The standard InChI is InChI=1S/C25H30N6O2/c1-4-7-15-33-21-13-12-18(16-22(21)32-6-3)17-26-29-25-27-24-23(28-30-25)19-10-8-9-11-20(19)31(24)14-5-2/h8-13,16-17H,4-7,14-15H2,1-3H3,(H,27,29,30)/b26-17+. The third kappa shape index (κ3) is 5.05. The minimum atomic E-state index is 0.350. The van der Waals surface area contributed by atoms with Gasteiger partial charge in [0, 0.05) is 11.9 Å². The van der Waals surface area contributed by atoms with Gasteiger partial charge in [0.25, 0.3) is 5.95 Å². The molecule has 33 heavy (non-hydrogen) atoms. The second-order valence-corrected chi connectivity index (χ2v) is 7.69. The minimum absolute atomic E-state index is 0.350. The van der Waals surface area contributed by atoms with Crippen molar-refractivity contribution in [3.8, 4) is 11.5 Å². The van der Waals surface area contributed by atoms with Crippen LogP contribution in [0.2, 0.25) is 0 Å². The summed E-state index contributed by atoms with van der Waals surface area (Å²) in [5.74, 6) is 1.81. The molecule has 8 heteroatoms. The molecule has 4 aromatic rings. The van der Waals surface area contributed by atoms with Gasteiger partial charge in [-0.2, -0.15) is 10.1 Å². The number of hydrogen-bond acceptors (Lipinski definition) is 7. The maximum Gasteiger partial charge on any atom is 0.265 e. The Balaban J connectivity index is 1.54.